The maximum atomic E-state index is 14.3. The average molecular weight is 490 g/mol. The van der Waals surface area contributed by atoms with E-state index in [0.717, 1.165) is 25.0 Å². The molecule has 1 aliphatic carbocycles. The van der Waals surface area contributed by atoms with Crippen LogP contribution in [0, 0.1) is 11.7 Å². The summed E-state index contributed by atoms with van der Waals surface area (Å²) in [7, 11) is 1.51. The number of hydrogen-bond acceptors (Lipinski definition) is 4. The number of ether oxygens (including phenoxy) is 1. The van der Waals surface area contributed by atoms with Crippen molar-refractivity contribution in [3.63, 3.8) is 0 Å². The summed E-state index contributed by atoms with van der Waals surface area (Å²) in [6.45, 7) is 3.73. The molecule has 1 aliphatic heterocycles. The third kappa shape index (κ3) is 6.64. The summed E-state index contributed by atoms with van der Waals surface area (Å²) in [5, 5.41) is 15.8. The highest BCUT2D eigenvalue weighted by atomic mass is 19.4. The van der Waals surface area contributed by atoms with Crippen molar-refractivity contribution in [3.05, 3.63) is 29.6 Å². The number of alkyl halides is 3. The van der Waals surface area contributed by atoms with Crippen molar-refractivity contribution in [3.8, 4) is 5.75 Å². The van der Waals surface area contributed by atoms with Crippen LogP contribution < -0.4 is 15.4 Å². The Morgan fingerprint density at radius 1 is 1.21 bits per heavy atom. The standard InChI is InChI=1S/C22H30F4N4O4/c1-21(2,33)14-8-16(12-29(11-14)19(31)27-3)30(15-5-6-15)20(32)28-10-13-4-7-17(9-18(13)23)34-22(24,25)26/h4,7,9,14-16,33H,5-6,8,10-12H2,1-3H3,(H,27,31)(H,28,32). The van der Waals surface area contributed by atoms with Crippen LogP contribution in [-0.2, 0) is 6.54 Å². The zero-order valence-electron chi connectivity index (χ0n) is 19.3. The molecular formula is C22H30F4N4O4. The Morgan fingerprint density at radius 3 is 2.41 bits per heavy atom. The molecule has 190 valence electrons. The Labute approximate surface area is 195 Å². The van der Waals surface area contributed by atoms with E-state index in [9.17, 15) is 32.3 Å². The van der Waals surface area contributed by atoms with Crippen LogP contribution in [0.1, 0.15) is 38.7 Å². The summed E-state index contributed by atoms with van der Waals surface area (Å²) in [4.78, 5) is 28.6. The van der Waals surface area contributed by atoms with Crippen molar-refractivity contribution in [1.82, 2.24) is 20.4 Å². The van der Waals surface area contributed by atoms with Gasteiger partial charge in [0.2, 0.25) is 0 Å². The number of rotatable bonds is 6. The van der Waals surface area contributed by atoms with Crippen LogP contribution in [0.25, 0.3) is 0 Å². The lowest BCUT2D eigenvalue weighted by Gasteiger charge is -2.45. The molecule has 1 saturated carbocycles. The average Bonchev–Trinajstić information content (AvgIpc) is 3.55. The van der Waals surface area contributed by atoms with Crippen molar-refractivity contribution < 1.29 is 37.0 Å². The summed E-state index contributed by atoms with van der Waals surface area (Å²) in [5.74, 6) is -1.89. The molecule has 2 fully saturated rings. The van der Waals surface area contributed by atoms with E-state index < -0.39 is 29.6 Å². The molecular weight excluding hydrogens is 460 g/mol. The smallest absolute Gasteiger partial charge is 0.406 e. The summed E-state index contributed by atoms with van der Waals surface area (Å²) < 4.78 is 55.0. The molecule has 2 aliphatic rings. The van der Waals surface area contributed by atoms with Gasteiger partial charge in [-0.1, -0.05) is 6.07 Å². The molecule has 1 heterocycles. The molecule has 2 atom stereocenters. The third-order valence-corrected chi connectivity index (χ3v) is 6.18. The Morgan fingerprint density at radius 2 is 1.88 bits per heavy atom. The van der Waals surface area contributed by atoms with E-state index in [-0.39, 0.29) is 42.7 Å². The second kappa shape index (κ2) is 9.85. The van der Waals surface area contributed by atoms with E-state index >= 15 is 0 Å². The molecule has 0 bridgehead atoms. The normalized spacial score (nSPS) is 21.1. The van der Waals surface area contributed by atoms with Crippen molar-refractivity contribution in [2.75, 3.05) is 20.1 Å². The first-order chi connectivity index (χ1) is 15.8. The molecule has 34 heavy (non-hydrogen) atoms. The van der Waals surface area contributed by atoms with Crippen molar-refractivity contribution in [1.29, 1.82) is 0 Å². The Balaban J connectivity index is 1.71. The Hall–Kier alpha value is -2.76. The number of benzene rings is 1. The lowest BCUT2D eigenvalue weighted by Crippen LogP contribution is -2.60. The van der Waals surface area contributed by atoms with Gasteiger partial charge in [0.1, 0.15) is 11.6 Å². The minimum Gasteiger partial charge on any atom is -0.406 e. The fourth-order valence-electron chi connectivity index (χ4n) is 4.22. The lowest BCUT2D eigenvalue weighted by atomic mass is 9.82. The van der Waals surface area contributed by atoms with Gasteiger partial charge in [-0.15, -0.1) is 13.2 Å². The lowest BCUT2D eigenvalue weighted by molar-refractivity contribution is -0.274. The molecule has 1 aromatic carbocycles. The summed E-state index contributed by atoms with van der Waals surface area (Å²) in [5.41, 5.74) is -1.07. The van der Waals surface area contributed by atoms with Gasteiger partial charge < -0.3 is 30.3 Å². The molecule has 2 unspecified atom stereocenters. The maximum absolute atomic E-state index is 14.3. The molecule has 0 radical (unpaired) electrons. The van der Waals surface area contributed by atoms with Gasteiger partial charge in [0.05, 0.1) is 11.6 Å². The predicted molar refractivity (Wildman–Crippen MR) is 114 cm³/mol. The highest BCUT2D eigenvalue weighted by molar-refractivity contribution is 5.76. The van der Waals surface area contributed by atoms with Crippen LogP contribution in [0.2, 0.25) is 0 Å². The summed E-state index contributed by atoms with van der Waals surface area (Å²) >= 11 is 0. The number of piperidine rings is 1. The van der Waals surface area contributed by atoms with Crippen LogP contribution in [0.15, 0.2) is 18.2 Å². The van der Waals surface area contributed by atoms with Crippen LogP contribution in [0.3, 0.4) is 0 Å². The number of nitrogens with one attached hydrogen (secondary N) is 2. The third-order valence-electron chi connectivity index (χ3n) is 6.18. The molecule has 1 saturated heterocycles. The Bertz CT molecular complexity index is 902. The van der Waals surface area contributed by atoms with Gasteiger partial charge in [-0.2, -0.15) is 0 Å². The summed E-state index contributed by atoms with van der Waals surface area (Å²) in [6.07, 6.45) is -2.88. The first-order valence-corrected chi connectivity index (χ1v) is 11.1. The zero-order valence-corrected chi connectivity index (χ0v) is 19.3. The molecule has 4 amide bonds. The molecule has 3 N–H and O–H groups in total. The number of hydrogen-bond donors (Lipinski definition) is 3. The minimum absolute atomic E-state index is 0.00335. The number of halogens is 4. The monoisotopic (exact) mass is 490 g/mol. The van der Waals surface area contributed by atoms with Gasteiger partial charge in [-0.3, -0.25) is 0 Å². The second-order valence-corrected chi connectivity index (χ2v) is 9.30. The number of carbonyl (C=O) groups is 2. The highest BCUT2D eigenvalue weighted by Gasteiger charge is 2.44. The first-order valence-electron chi connectivity index (χ1n) is 11.1. The maximum Gasteiger partial charge on any atom is 0.573 e. The van der Waals surface area contributed by atoms with Gasteiger partial charge in [0.25, 0.3) is 0 Å². The van der Waals surface area contributed by atoms with E-state index in [1.807, 2.05) is 0 Å². The fourth-order valence-corrected chi connectivity index (χ4v) is 4.22. The largest absolute Gasteiger partial charge is 0.573 e. The predicted octanol–water partition coefficient (Wildman–Crippen LogP) is 3.20. The first kappa shape index (κ1) is 25.9. The minimum atomic E-state index is -4.93. The molecule has 1 aromatic rings. The Kier molecular flexibility index (Phi) is 7.49. The molecule has 0 spiro atoms. The highest BCUT2D eigenvalue weighted by Crippen LogP contribution is 2.35. The van der Waals surface area contributed by atoms with E-state index in [4.69, 9.17) is 0 Å². The topological polar surface area (TPSA) is 94.1 Å². The number of aliphatic hydroxyl groups is 1. The van der Waals surface area contributed by atoms with Crippen molar-refractivity contribution >= 4 is 12.1 Å². The van der Waals surface area contributed by atoms with Gasteiger partial charge in [0.15, 0.2) is 0 Å². The molecule has 12 heteroatoms. The number of amides is 4. The van der Waals surface area contributed by atoms with Gasteiger partial charge in [-0.25, -0.2) is 14.0 Å². The van der Waals surface area contributed by atoms with Crippen molar-refractivity contribution in [2.45, 2.75) is 63.7 Å². The fraction of sp³-hybridized carbons (Fsp3) is 0.636. The zero-order chi connectivity index (χ0) is 25.3. The van der Waals surface area contributed by atoms with E-state index in [1.54, 1.807) is 23.6 Å². The van der Waals surface area contributed by atoms with Crippen LogP contribution >= 0.6 is 0 Å². The number of likely N-dealkylation sites (tertiary alicyclic amines) is 1. The van der Waals surface area contributed by atoms with E-state index in [1.165, 1.54) is 7.05 Å². The SMILES string of the molecule is CNC(=O)N1CC(N(C(=O)NCc2ccc(OC(F)(F)F)cc2F)C2CC2)CC(C(C)(C)O)C1. The molecule has 0 aromatic heterocycles. The van der Waals surface area contributed by atoms with Crippen LogP contribution in [0.5, 0.6) is 5.75 Å². The van der Waals surface area contributed by atoms with Gasteiger partial charge >= 0.3 is 18.4 Å². The summed E-state index contributed by atoms with van der Waals surface area (Å²) in [6, 6.07) is 1.55. The molecule has 3 rings (SSSR count). The number of carbonyl (C=O) groups excluding carboxylic acids is 2. The molecule has 8 nitrogen and oxygen atoms in total. The number of urea groups is 2. The van der Waals surface area contributed by atoms with Crippen molar-refractivity contribution in [2.24, 2.45) is 5.92 Å². The van der Waals surface area contributed by atoms with Crippen LogP contribution in [0.4, 0.5) is 27.2 Å². The second-order valence-electron chi connectivity index (χ2n) is 9.30. The van der Waals surface area contributed by atoms with E-state index in [2.05, 4.69) is 15.4 Å². The quantitative estimate of drug-likeness (QED) is 0.534. The van der Waals surface area contributed by atoms with Crippen LogP contribution in [-0.4, -0.2) is 71.2 Å². The van der Waals surface area contributed by atoms with Gasteiger partial charge in [0, 0.05) is 50.3 Å². The van der Waals surface area contributed by atoms with Gasteiger partial charge in [-0.05, 0) is 39.2 Å². The number of nitrogens with zero attached hydrogens (tertiary/aromatic N) is 2. The van der Waals surface area contributed by atoms with E-state index in [0.29, 0.717) is 19.0 Å².